The van der Waals surface area contributed by atoms with Crippen molar-refractivity contribution in [3.8, 4) is 11.5 Å². The van der Waals surface area contributed by atoms with Gasteiger partial charge < -0.3 is 19.9 Å². The number of hydrogen-bond acceptors (Lipinski definition) is 5. The summed E-state index contributed by atoms with van der Waals surface area (Å²) in [6.45, 7) is 3.49. The number of para-hydroxylation sites is 1. The van der Waals surface area contributed by atoms with Crippen LogP contribution >= 0.6 is 0 Å². The summed E-state index contributed by atoms with van der Waals surface area (Å²) in [6.07, 6.45) is 0. The van der Waals surface area contributed by atoms with Crippen molar-refractivity contribution in [2.24, 2.45) is 0 Å². The second kappa shape index (κ2) is 7.48. The Bertz CT molecular complexity index is 831. The number of urea groups is 1. The first-order valence-corrected chi connectivity index (χ1v) is 7.81. The number of carbonyl (C=O) groups is 1. The molecule has 2 amide bonds. The predicted molar refractivity (Wildman–Crippen MR) is 92.6 cm³/mol. The first-order valence-electron chi connectivity index (χ1n) is 7.81. The lowest BCUT2D eigenvalue weighted by molar-refractivity contribution is 0.245. The summed E-state index contributed by atoms with van der Waals surface area (Å²) in [5.74, 6) is 2.33. The van der Waals surface area contributed by atoms with E-state index < -0.39 is 0 Å². The highest BCUT2D eigenvalue weighted by Crippen LogP contribution is 2.22. The predicted octanol–water partition coefficient (Wildman–Crippen LogP) is 4.05. The van der Waals surface area contributed by atoms with Gasteiger partial charge in [0.15, 0.2) is 5.82 Å². The van der Waals surface area contributed by atoms with Crippen molar-refractivity contribution >= 4 is 11.7 Å². The van der Waals surface area contributed by atoms with Crippen molar-refractivity contribution in [1.29, 1.82) is 0 Å². The highest BCUT2D eigenvalue weighted by molar-refractivity contribution is 5.89. The van der Waals surface area contributed by atoms with Crippen molar-refractivity contribution in [3.05, 3.63) is 66.3 Å². The number of amides is 2. The van der Waals surface area contributed by atoms with Crippen LogP contribution in [0.2, 0.25) is 0 Å². The van der Waals surface area contributed by atoms with E-state index in [1.165, 1.54) is 0 Å². The summed E-state index contributed by atoms with van der Waals surface area (Å²) in [5, 5.41) is 9.18. The average molecular weight is 338 g/mol. The van der Waals surface area contributed by atoms with E-state index >= 15 is 0 Å². The van der Waals surface area contributed by atoms with Crippen molar-refractivity contribution in [2.45, 2.75) is 19.9 Å². The molecule has 0 aliphatic heterocycles. The van der Waals surface area contributed by atoms with Crippen LogP contribution in [0, 0.1) is 6.92 Å². The number of hydrogen-bond donors (Lipinski definition) is 2. The number of anilines is 1. The van der Waals surface area contributed by atoms with Crippen LogP contribution in [0.15, 0.2) is 59.1 Å². The van der Waals surface area contributed by atoms with Crippen LogP contribution < -0.4 is 15.4 Å². The Balaban J connectivity index is 1.55. The minimum Gasteiger partial charge on any atom is -0.457 e. The van der Waals surface area contributed by atoms with Gasteiger partial charge in [0.1, 0.15) is 17.5 Å². The van der Waals surface area contributed by atoms with E-state index in [2.05, 4.69) is 20.8 Å². The standard InChI is InChI=1S/C18H18N4O3/c1-12(17-20-13(2)22-25-17)19-18(23)21-14-8-10-16(11-9-14)24-15-6-4-3-5-7-15/h3-12H,1-2H3,(H2,19,21,23)/t12-/m1/s1. The lowest BCUT2D eigenvalue weighted by Gasteiger charge is -2.11. The van der Waals surface area contributed by atoms with Gasteiger partial charge in [0, 0.05) is 5.69 Å². The van der Waals surface area contributed by atoms with Crippen molar-refractivity contribution in [3.63, 3.8) is 0 Å². The molecule has 0 bridgehead atoms. The molecule has 7 nitrogen and oxygen atoms in total. The minimum absolute atomic E-state index is 0.360. The maximum atomic E-state index is 12.0. The number of nitrogens with one attached hydrogen (secondary N) is 2. The van der Waals surface area contributed by atoms with Crippen LogP contribution in [-0.2, 0) is 0 Å². The van der Waals surface area contributed by atoms with E-state index in [1.54, 1.807) is 38.1 Å². The average Bonchev–Trinajstić information content (AvgIpc) is 3.04. The fraction of sp³-hybridized carbons (Fsp3) is 0.167. The lowest BCUT2D eigenvalue weighted by Crippen LogP contribution is -2.31. The normalized spacial score (nSPS) is 11.6. The van der Waals surface area contributed by atoms with Crippen molar-refractivity contribution < 1.29 is 14.1 Å². The van der Waals surface area contributed by atoms with E-state index in [0.29, 0.717) is 23.2 Å². The Morgan fingerprint density at radius 2 is 1.76 bits per heavy atom. The van der Waals surface area contributed by atoms with Crippen LogP contribution in [-0.4, -0.2) is 16.2 Å². The number of ether oxygens (including phenoxy) is 1. The number of rotatable bonds is 5. The van der Waals surface area contributed by atoms with Crippen molar-refractivity contribution in [1.82, 2.24) is 15.5 Å². The van der Waals surface area contributed by atoms with Crippen LogP contribution in [0.5, 0.6) is 11.5 Å². The SMILES string of the molecule is Cc1noc([C@@H](C)NC(=O)Nc2ccc(Oc3ccccc3)cc2)n1. The van der Waals surface area contributed by atoms with Crippen molar-refractivity contribution in [2.75, 3.05) is 5.32 Å². The minimum atomic E-state index is -0.387. The molecular formula is C18H18N4O3. The van der Waals surface area contributed by atoms with Crippen LogP contribution in [0.25, 0.3) is 0 Å². The number of aromatic nitrogens is 2. The van der Waals surface area contributed by atoms with Gasteiger partial charge in [-0.15, -0.1) is 0 Å². The monoisotopic (exact) mass is 338 g/mol. The molecule has 1 atom stereocenters. The Morgan fingerprint density at radius 3 is 2.40 bits per heavy atom. The number of carbonyl (C=O) groups excluding carboxylic acids is 1. The molecule has 0 saturated carbocycles. The highest BCUT2D eigenvalue weighted by atomic mass is 16.5. The number of aryl methyl sites for hydroxylation is 1. The Morgan fingerprint density at radius 1 is 1.08 bits per heavy atom. The third-order valence-corrected chi connectivity index (χ3v) is 3.35. The Kier molecular flexibility index (Phi) is 4.94. The van der Waals surface area contributed by atoms with E-state index in [1.807, 2.05) is 30.3 Å². The third-order valence-electron chi connectivity index (χ3n) is 3.35. The molecule has 0 aliphatic carbocycles. The quantitative estimate of drug-likeness (QED) is 0.732. The van der Waals surface area contributed by atoms with Gasteiger partial charge >= 0.3 is 6.03 Å². The summed E-state index contributed by atoms with van der Waals surface area (Å²) >= 11 is 0. The highest BCUT2D eigenvalue weighted by Gasteiger charge is 2.15. The molecule has 0 unspecified atom stereocenters. The van der Waals surface area contributed by atoms with E-state index in [-0.39, 0.29) is 12.1 Å². The second-order valence-corrected chi connectivity index (χ2v) is 5.44. The van der Waals surface area contributed by atoms with Gasteiger partial charge in [-0.2, -0.15) is 4.98 Å². The molecule has 3 rings (SSSR count). The summed E-state index contributed by atoms with van der Waals surface area (Å²) in [6, 6.07) is 15.8. The fourth-order valence-corrected chi connectivity index (χ4v) is 2.15. The van der Waals surface area contributed by atoms with E-state index in [4.69, 9.17) is 9.26 Å². The van der Waals surface area contributed by atoms with Gasteiger partial charge in [-0.05, 0) is 50.2 Å². The molecule has 0 radical (unpaired) electrons. The lowest BCUT2D eigenvalue weighted by atomic mass is 10.3. The van der Waals surface area contributed by atoms with Gasteiger partial charge in [-0.25, -0.2) is 4.79 Å². The van der Waals surface area contributed by atoms with E-state index in [9.17, 15) is 4.79 Å². The van der Waals surface area contributed by atoms with Crippen LogP contribution in [0.3, 0.4) is 0 Å². The topological polar surface area (TPSA) is 89.3 Å². The molecular weight excluding hydrogens is 320 g/mol. The van der Waals surface area contributed by atoms with Crippen LogP contribution in [0.4, 0.5) is 10.5 Å². The molecule has 1 heterocycles. The van der Waals surface area contributed by atoms with Gasteiger partial charge in [0.25, 0.3) is 0 Å². The molecule has 3 aromatic rings. The number of nitrogens with zero attached hydrogens (tertiary/aromatic N) is 2. The summed E-state index contributed by atoms with van der Waals surface area (Å²) in [7, 11) is 0. The zero-order chi connectivity index (χ0) is 17.6. The van der Waals surface area contributed by atoms with Gasteiger partial charge in [0.2, 0.25) is 5.89 Å². The fourth-order valence-electron chi connectivity index (χ4n) is 2.15. The molecule has 128 valence electrons. The number of benzene rings is 2. The summed E-state index contributed by atoms with van der Waals surface area (Å²) in [5.41, 5.74) is 0.645. The first-order chi connectivity index (χ1) is 12.1. The second-order valence-electron chi connectivity index (χ2n) is 5.44. The van der Waals surface area contributed by atoms with Gasteiger partial charge in [-0.1, -0.05) is 23.4 Å². The molecule has 0 saturated heterocycles. The third kappa shape index (κ3) is 4.57. The zero-order valence-corrected chi connectivity index (χ0v) is 13.9. The van der Waals surface area contributed by atoms with Crippen LogP contribution in [0.1, 0.15) is 24.7 Å². The maximum Gasteiger partial charge on any atom is 0.319 e. The molecule has 1 aromatic heterocycles. The maximum absolute atomic E-state index is 12.0. The first kappa shape index (κ1) is 16.5. The smallest absolute Gasteiger partial charge is 0.319 e. The van der Waals surface area contributed by atoms with Gasteiger partial charge in [-0.3, -0.25) is 0 Å². The molecule has 0 aliphatic rings. The summed E-state index contributed by atoms with van der Waals surface area (Å²) < 4.78 is 10.7. The van der Waals surface area contributed by atoms with E-state index in [0.717, 1.165) is 5.75 Å². The molecule has 2 aromatic carbocycles. The molecule has 0 fully saturated rings. The largest absolute Gasteiger partial charge is 0.457 e. The zero-order valence-electron chi connectivity index (χ0n) is 13.9. The molecule has 2 N–H and O–H groups in total. The molecule has 0 spiro atoms. The summed E-state index contributed by atoms with van der Waals surface area (Å²) in [4.78, 5) is 16.1. The molecule has 7 heteroatoms. The molecule has 25 heavy (non-hydrogen) atoms. The van der Waals surface area contributed by atoms with Gasteiger partial charge in [0.05, 0.1) is 0 Å². The Labute approximate surface area is 145 Å². The Hall–Kier alpha value is -3.35.